The van der Waals surface area contributed by atoms with Gasteiger partial charge in [0.05, 0.1) is 13.2 Å². The molecule has 0 aromatic carbocycles. The summed E-state index contributed by atoms with van der Waals surface area (Å²) in [5.74, 6) is -0.0574. The molecule has 0 saturated carbocycles. The average Bonchev–Trinajstić information content (AvgIpc) is 3.21. The Labute approximate surface area is 254 Å². The van der Waals surface area contributed by atoms with Crippen molar-refractivity contribution in [1.29, 1.82) is 0 Å². The van der Waals surface area contributed by atoms with Crippen molar-refractivity contribution in [2.24, 2.45) is 0 Å². The highest BCUT2D eigenvalue weighted by Crippen LogP contribution is 2.60. The van der Waals surface area contributed by atoms with E-state index in [1.165, 1.54) is 82.9 Å². The lowest BCUT2D eigenvalue weighted by molar-refractivity contribution is -0.0542. The van der Waals surface area contributed by atoms with Crippen molar-refractivity contribution in [3.05, 3.63) is 22.7 Å². The van der Waals surface area contributed by atoms with E-state index in [9.17, 15) is 33.9 Å². The minimum atomic E-state index is -5.12. The Kier molecular flexibility index (Phi) is 17.7. The zero-order valence-corrected chi connectivity index (χ0v) is 27.0. The fourth-order valence-corrected chi connectivity index (χ4v) is 7.01. The first kappa shape index (κ1) is 38.0. The molecule has 0 aliphatic carbocycles. The summed E-state index contributed by atoms with van der Waals surface area (Å²) in [7, 11) is -10.0. The number of rotatable bonds is 24. The number of nitrogen functional groups attached to an aromatic ring is 1. The second-order valence-corrected chi connectivity index (χ2v) is 14.1. The monoisotopic (exact) mass is 655 g/mol. The Morgan fingerprint density at radius 2 is 1.33 bits per heavy atom. The smallest absolute Gasteiger partial charge is 0.387 e. The first-order valence-electron chi connectivity index (χ1n) is 15.5. The lowest BCUT2D eigenvalue weighted by Gasteiger charge is -2.19. The minimum Gasteiger partial charge on any atom is -0.387 e. The normalized spacial score (nSPS) is 23.3. The summed E-state index contributed by atoms with van der Waals surface area (Å²) < 4.78 is 44.4. The fraction of sp³-hybridized carbons (Fsp3) is 0.852. The zero-order chi connectivity index (χ0) is 31.7. The van der Waals surface area contributed by atoms with E-state index >= 15 is 0 Å². The van der Waals surface area contributed by atoms with Crippen LogP contribution in [0.25, 0.3) is 0 Å². The molecule has 1 aromatic rings. The number of phosphoric ester groups is 2. The van der Waals surface area contributed by atoms with Crippen LogP contribution in [0.3, 0.4) is 0 Å². The van der Waals surface area contributed by atoms with E-state index in [4.69, 9.17) is 19.5 Å². The van der Waals surface area contributed by atoms with Gasteiger partial charge in [0.15, 0.2) is 6.23 Å². The standard InChI is InChI=1S/C27H51N3O11P2/c1-2-3-4-5-6-7-8-9-10-11-12-13-14-15-16-17-20-38-42(34,35)41-43(36,37)39-21-22-24(31)25(32)26(40-22)30-19-18-23(28)29-27(30)33/h18-19,22,24-26,31-32H,2-17,20-21H2,1H3,(H,34,35)(H,36,37)(H2,28,29,33)/t22-,24-,25+,26-/m1/s1. The van der Waals surface area contributed by atoms with Gasteiger partial charge in [-0.15, -0.1) is 0 Å². The molecule has 14 nitrogen and oxygen atoms in total. The molecule has 6 atom stereocenters. The van der Waals surface area contributed by atoms with Crippen LogP contribution in [0.2, 0.25) is 0 Å². The highest BCUT2D eigenvalue weighted by molar-refractivity contribution is 7.61. The summed E-state index contributed by atoms with van der Waals surface area (Å²) in [6.07, 6.45) is 14.1. The van der Waals surface area contributed by atoms with Gasteiger partial charge in [0.2, 0.25) is 0 Å². The van der Waals surface area contributed by atoms with Crippen LogP contribution in [-0.4, -0.2) is 61.1 Å². The maximum atomic E-state index is 12.2. The molecule has 0 spiro atoms. The van der Waals surface area contributed by atoms with Gasteiger partial charge in [0, 0.05) is 6.20 Å². The number of unbranched alkanes of at least 4 members (excludes halogenated alkanes) is 15. The average molecular weight is 656 g/mol. The van der Waals surface area contributed by atoms with Crippen molar-refractivity contribution in [1.82, 2.24) is 9.55 Å². The predicted octanol–water partition coefficient (Wildman–Crippen LogP) is 4.96. The van der Waals surface area contributed by atoms with Crippen LogP contribution in [0.4, 0.5) is 5.82 Å². The van der Waals surface area contributed by atoms with E-state index in [1.54, 1.807) is 0 Å². The maximum Gasteiger partial charge on any atom is 0.481 e. The minimum absolute atomic E-state index is 0.0574. The first-order valence-corrected chi connectivity index (χ1v) is 18.5. The number of hydrogen-bond donors (Lipinski definition) is 5. The molecule has 16 heteroatoms. The van der Waals surface area contributed by atoms with Crippen LogP contribution >= 0.6 is 15.6 Å². The Morgan fingerprint density at radius 1 is 0.837 bits per heavy atom. The Hall–Kier alpha value is -1.18. The molecule has 0 radical (unpaired) electrons. The number of ether oxygens (including phenoxy) is 1. The molecule has 250 valence electrons. The highest BCUT2D eigenvalue weighted by atomic mass is 31.3. The number of aromatic nitrogens is 2. The molecule has 0 amide bonds. The fourth-order valence-electron chi connectivity index (χ4n) is 4.89. The van der Waals surface area contributed by atoms with Crippen molar-refractivity contribution in [3.63, 3.8) is 0 Å². The number of nitrogens with zero attached hydrogens (tertiary/aromatic N) is 2. The van der Waals surface area contributed by atoms with Crippen molar-refractivity contribution in [3.8, 4) is 0 Å². The van der Waals surface area contributed by atoms with Crippen LogP contribution in [0.5, 0.6) is 0 Å². The van der Waals surface area contributed by atoms with Gasteiger partial charge < -0.3 is 30.5 Å². The van der Waals surface area contributed by atoms with Crippen LogP contribution in [-0.2, 0) is 27.2 Å². The van der Waals surface area contributed by atoms with E-state index < -0.39 is 52.5 Å². The molecule has 1 aromatic heterocycles. The van der Waals surface area contributed by atoms with Gasteiger partial charge in [-0.1, -0.05) is 103 Å². The zero-order valence-electron chi connectivity index (χ0n) is 25.2. The van der Waals surface area contributed by atoms with Crippen LogP contribution in [0.15, 0.2) is 17.1 Å². The number of nitrogens with two attached hydrogens (primary N) is 1. The Balaban J connectivity index is 1.54. The number of aliphatic hydroxyl groups is 2. The van der Waals surface area contributed by atoms with Gasteiger partial charge in [-0.05, 0) is 12.5 Å². The molecule has 1 saturated heterocycles. The third kappa shape index (κ3) is 15.1. The molecule has 6 N–H and O–H groups in total. The summed E-state index contributed by atoms with van der Waals surface area (Å²) >= 11 is 0. The van der Waals surface area contributed by atoms with Crippen molar-refractivity contribution in [2.75, 3.05) is 18.9 Å². The van der Waals surface area contributed by atoms with Gasteiger partial charge in [-0.3, -0.25) is 13.6 Å². The molecule has 2 rings (SSSR count). The summed E-state index contributed by atoms with van der Waals surface area (Å²) in [5.41, 5.74) is 4.59. The highest BCUT2D eigenvalue weighted by Gasteiger charge is 2.46. The van der Waals surface area contributed by atoms with Gasteiger partial charge in [-0.2, -0.15) is 9.29 Å². The Morgan fingerprint density at radius 3 is 1.84 bits per heavy atom. The molecule has 2 unspecified atom stereocenters. The molecule has 1 fully saturated rings. The van der Waals surface area contributed by atoms with Gasteiger partial charge in [0.1, 0.15) is 24.1 Å². The van der Waals surface area contributed by atoms with E-state index in [2.05, 4.69) is 16.2 Å². The van der Waals surface area contributed by atoms with E-state index in [-0.39, 0.29) is 12.4 Å². The van der Waals surface area contributed by atoms with Gasteiger partial charge >= 0.3 is 21.3 Å². The van der Waals surface area contributed by atoms with Crippen molar-refractivity contribution >= 4 is 21.5 Å². The van der Waals surface area contributed by atoms with Crippen LogP contribution in [0.1, 0.15) is 116 Å². The topological polar surface area (TPSA) is 213 Å². The summed E-state index contributed by atoms with van der Waals surface area (Å²) in [6.45, 7) is 1.29. The molecule has 1 aliphatic rings. The Bertz CT molecular complexity index is 1080. The molecular weight excluding hydrogens is 604 g/mol. The molecule has 43 heavy (non-hydrogen) atoms. The van der Waals surface area contributed by atoms with Crippen LogP contribution in [0, 0.1) is 0 Å². The number of hydrogen-bond acceptors (Lipinski definition) is 11. The second-order valence-electron chi connectivity index (χ2n) is 11.0. The van der Waals surface area contributed by atoms with E-state index in [1.807, 2.05) is 0 Å². The second kappa shape index (κ2) is 20.0. The van der Waals surface area contributed by atoms with Crippen LogP contribution < -0.4 is 11.4 Å². The lowest BCUT2D eigenvalue weighted by atomic mass is 10.0. The quantitative estimate of drug-likeness (QED) is 0.0737. The largest absolute Gasteiger partial charge is 0.481 e. The third-order valence-electron chi connectivity index (χ3n) is 7.32. The number of aliphatic hydroxyl groups excluding tert-OH is 2. The summed E-state index contributed by atoms with van der Waals surface area (Å²) in [5, 5.41) is 20.5. The van der Waals surface area contributed by atoms with Gasteiger partial charge in [0.25, 0.3) is 0 Å². The van der Waals surface area contributed by atoms with E-state index in [0.29, 0.717) is 6.42 Å². The maximum absolute atomic E-state index is 12.2. The van der Waals surface area contributed by atoms with E-state index in [0.717, 1.165) is 30.3 Å². The third-order valence-corrected chi connectivity index (χ3v) is 9.96. The number of anilines is 1. The van der Waals surface area contributed by atoms with Crippen molar-refractivity contribution < 1.29 is 47.2 Å². The summed E-state index contributed by atoms with van der Waals surface area (Å²) in [4.78, 5) is 35.2. The molecule has 0 bridgehead atoms. The molecule has 1 aliphatic heterocycles. The SMILES string of the molecule is CCCCCCCCCCCCCCCCCCOP(=O)(O)OP(=O)(O)OC[C@H]1O[C@@H](n2ccc(N)nc2=O)[C@@H](O)[C@@H]1O. The molecule has 2 heterocycles. The number of phosphoric acid groups is 2. The first-order chi connectivity index (χ1) is 20.5. The van der Waals surface area contributed by atoms with Crippen molar-refractivity contribution in [2.45, 2.75) is 134 Å². The molecular formula is C27H51N3O11P2. The van der Waals surface area contributed by atoms with Gasteiger partial charge in [-0.25, -0.2) is 13.9 Å². The summed E-state index contributed by atoms with van der Waals surface area (Å²) in [6, 6.07) is 1.28. The lowest BCUT2D eigenvalue weighted by Crippen LogP contribution is -2.36. The predicted molar refractivity (Wildman–Crippen MR) is 161 cm³/mol.